The number of thiophene rings is 1. The second-order valence-corrected chi connectivity index (χ2v) is 9.21. The van der Waals surface area contributed by atoms with Gasteiger partial charge in [-0.05, 0) is 63.4 Å². The molecule has 1 saturated heterocycles. The maximum absolute atomic E-state index is 12.8. The van der Waals surface area contributed by atoms with Gasteiger partial charge in [-0.1, -0.05) is 13.3 Å². The molecule has 2 aromatic heterocycles. The maximum Gasteiger partial charge on any atom is 0.260 e. The Kier molecular flexibility index (Phi) is 4.96. The highest BCUT2D eigenvalue weighted by Gasteiger charge is 2.26. The molecule has 0 amide bonds. The monoisotopic (exact) mass is 360 g/mol. The molecule has 136 valence electrons. The lowest BCUT2D eigenvalue weighted by Gasteiger charge is -2.27. The molecule has 4 nitrogen and oxygen atoms in total. The summed E-state index contributed by atoms with van der Waals surface area (Å²) in [6.45, 7) is 6.93. The van der Waals surface area contributed by atoms with E-state index in [1.807, 2.05) is 0 Å². The minimum atomic E-state index is 0.0883. The zero-order chi connectivity index (χ0) is 17.4. The Morgan fingerprint density at radius 2 is 1.92 bits per heavy atom. The van der Waals surface area contributed by atoms with Crippen LogP contribution in [0.15, 0.2) is 4.79 Å². The van der Waals surface area contributed by atoms with E-state index in [-0.39, 0.29) is 11.6 Å². The highest BCUT2D eigenvalue weighted by atomic mass is 32.1. The number of fused-ring (bicyclic) bond motifs is 3. The van der Waals surface area contributed by atoms with Crippen molar-refractivity contribution in [1.82, 2.24) is 9.97 Å². The average molecular weight is 361 g/mol. The number of quaternary nitrogens is 1. The molecule has 25 heavy (non-hydrogen) atoms. The summed E-state index contributed by atoms with van der Waals surface area (Å²) in [6.07, 6.45) is 9.97. The fourth-order valence-corrected chi connectivity index (χ4v) is 5.95. The van der Waals surface area contributed by atoms with Gasteiger partial charge in [-0.25, -0.2) is 4.98 Å². The Hall–Kier alpha value is -1.20. The minimum absolute atomic E-state index is 0.0883. The first kappa shape index (κ1) is 17.2. The zero-order valence-electron chi connectivity index (χ0n) is 15.5. The Morgan fingerprint density at radius 3 is 2.68 bits per heavy atom. The van der Waals surface area contributed by atoms with Crippen molar-refractivity contribution in [2.75, 3.05) is 13.1 Å². The predicted octanol–water partition coefficient (Wildman–Crippen LogP) is 3.02. The van der Waals surface area contributed by atoms with Gasteiger partial charge >= 0.3 is 0 Å². The third-order valence-corrected chi connectivity index (χ3v) is 7.35. The Labute approximate surface area is 153 Å². The quantitative estimate of drug-likeness (QED) is 0.865. The van der Waals surface area contributed by atoms with Crippen molar-refractivity contribution >= 4 is 21.6 Å². The van der Waals surface area contributed by atoms with Gasteiger partial charge in [0.1, 0.15) is 10.9 Å². The molecular formula is C20H30N3OS+. The summed E-state index contributed by atoms with van der Waals surface area (Å²) < 4.78 is 0. The number of aryl methyl sites for hydroxylation is 1. The summed E-state index contributed by atoms with van der Waals surface area (Å²) in [7, 11) is 0. The number of nitrogens with zero attached hydrogens (tertiary/aromatic N) is 1. The smallest absolute Gasteiger partial charge is 0.260 e. The van der Waals surface area contributed by atoms with E-state index in [1.54, 1.807) is 16.2 Å². The van der Waals surface area contributed by atoms with Crippen LogP contribution in [0.25, 0.3) is 10.2 Å². The summed E-state index contributed by atoms with van der Waals surface area (Å²) in [6, 6.07) is 0.272. The summed E-state index contributed by atoms with van der Waals surface area (Å²) in [5, 5.41) is 0.880. The lowest BCUT2D eigenvalue weighted by atomic mass is 9.89. The molecule has 1 aliphatic carbocycles. The highest BCUT2D eigenvalue weighted by Crippen LogP contribution is 2.35. The standard InChI is InChI=1S/C20H29N3OS/c1-13-8-9-15-16(12-13)25-20-17(15)19(24)21-18(22-20)14(2)23-10-6-4-3-5-7-11-23/h13-14H,3-12H2,1-2H3,(H,21,22,24)/p+1/t13-,14+/m1/s1. The van der Waals surface area contributed by atoms with Crippen LogP contribution in [0.4, 0.5) is 0 Å². The second-order valence-electron chi connectivity index (χ2n) is 8.13. The lowest BCUT2D eigenvalue weighted by Crippen LogP contribution is -3.12. The number of rotatable bonds is 2. The first-order valence-electron chi connectivity index (χ1n) is 10.0. The number of H-pyrrole nitrogens is 1. The second kappa shape index (κ2) is 7.20. The van der Waals surface area contributed by atoms with Crippen molar-refractivity contribution in [2.45, 2.75) is 71.3 Å². The molecule has 4 rings (SSSR count). The maximum atomic E-state index is 12.8. The van der Waals surface area contributed by atoms with Gasteiger partial charge in [-0.3, -0.25) is 4.79 Å². The molecule has 2 atom stereocenters. The summed E-state index contributed by atoms with van der Waals surface area (Å²) in [4.78, 5) is 24.9. The van der Waals surface area contributed by atoms with Gasteiger partial charge in [-0.2, -0.15) is 0 Å². The van der Waals surface area contributed by atoms with E-state index in [2.05, 4.69) is 18.8 Å². The van der Waals surface area contributed by atoms with Crippen LogP contribution in [0.5, 0.6) is 0 Å². The molecule has 0 bridgehead atoms. The number of likely N-dealkylation sites (tertiary alicyclic amines) is 1. The number of hydrogen-bond donors (Lipinski definition) is 2. The first-order chi connectivity index (χ1) is 12.1. The molecule has 0 spiro atoms. The highest BCUT2D eigenvalue weighted by molar-refractivity contribution is 7.18. The normalized spacial score (nSPS) is 23.8. The Morgan fingerprint density at radius 1 is 1.20 bits per heavy atom. The zero-order valence-corrected chi connectivity index (χ0v) is 16.3. The van der Waals surface area contributed by atoms with E-state index in [4.69, 9.17) is 4.98 Å². The first-order valence-corrected chi connectivity index (χ1v) is 10.8. The van der Waals surface area contributed by atoms with Gasteiger partial charge in [0.05, 0.1) is 18.5 Å². The van der Waals surface area contributed by atoms with Gasteiger partial charge < -0.3 is 9.88 Å². The van der Waals surface area contributed by atoms with Crippen molar-refractivity contribution in [1.29, 1.82) is 0 Å². The van der Waals surface area contributed by atoms with Crippen molar-refractivity contribution in [3.8, 4) is 0 Å². The van der Waals surface area contributed by atoms with Gasteiger partial charge in [0, 0.05) is 4.88 Å². The summed E-state index contributed by atoms with van der Waals surface area (Å²) >= 11 is 1.76. The Bertz CT molecular complexity index is 801. The molecule has 2 N–H and O–H groups in total. The van der Waals surface area contributed by atoms with Crippen LogP contribution in [0.3, 0.4) is 0 Å². The predicted molar refractivity (Wildman–Crippen MR) is 104 cm³/mol. The fraction of sp³-hybridized carbons (Fsp3) is 0.700. The van der Waals surface area contributed by atoms with Gasteiger partial charge in [0.2, 0.25) is 0 Å². The van der Waals surface area contributed by atoms with Gasteiger partial charge in [-0.15, -0.1) is 11.3 Å². The van der Waals surface area contributed by atoms with Crippen LogP contribution in [-0.4, -0.2) is 23.1 Å². The molecule has 0 aromatic carbocycles. The molecule has 3 heterocycles. The van der Waals surface area contributed by atoms with E-state index >= 15 is 0 Å². The number of aromatic amines is 1. The van der Waals surface area contributed by atoms with Crippen LogP contribution < -0.4 is 10.5 Å². The third kappa shape index (κ3) is 3.41. The van der Waals surface area contributed by atoms with E-state index in [1.165, 1.54) is 62.1 Å². The van der Waals surface area contributed by atoms with Crippen LogP contribution in [0.1, 0.15) is 74.7 Å². The van der Waals surface area contributed by atoms with Crippen LogP contribution in [0.2, 0.25) is 0 Å². The fourth-order valence-electron chi connectivity index (χ4n) is 4.56. The minimum Gasteiger partial charge on any atom is -0.326 e. The topological polar surface area (TPSA) is 50.2 Å². The van der Waals surface area contributed by atoms with E-state index in [9.17, 15) is 4.79 Å². The SMILES string of the molecule is C[C@@H]1CCc2c(sc3nc([C@H](C)[NH+]4CCCCCCC4)[nH]c(=O)c23)C1. The molecule has 2 aromatic rings. The molecule has 5 heteroatoms. The molecule has 1 aliphatic heterocycles. The largest absolute Gasteiger partial charge is 0.326 e. The number of hydrogen-bond acceptors (Lipinski definition) is 3. The summed E-state index contributed by atoms with van der Waals surface area (Å²) in [5.74, 6) is 1.61. The average Bonchev–Trinajstić information content (AvgIpc) is 2.91. The summed E-state index contributed by atoms with van der Waals surface area (Å²) in [5.41, 5.74) is 1.37. The Balaban J connectivity index is 1.67. The lowest BCUT2D eigenvalue weighted by molar-refractivity contribution is -0.931. The molecule has 0 saturated carbocycles. The van der Waals surface area contributed by atoms with Crippen LogP contribution in [0, 0.1) is 5.92 Å². The molecule has 0 unspecified atom stereocenters. The van der Waals surface area contributed by atoms with Crippen LogP contribution >= 0.6 is 11.3 Å². The van der Waals surface area contributed by atoms with Crippen molar-refractivity contribution in [3.05, 3.63) is 26.6 Å². The molecule has 1 fully saturated rings. The van der Waals surface area contributed by atoms with Crippen molar-refractivity contribution < 1.29 is 4.90 Å². The van der Waals surface area contributed by atoms with E-state index in [0.717, 1.165) is 34.8 Å². The molecular weight excluding hydrogens is 330 g/mol. The van der Waals surface area contributed by atoms with E-state index in [0.29, 0.717) is 0 Å². The number of aromatic nitrogens is 2. The van der Waals surface area contributed by atoms with E-state index < -0.39 is 0 Å². The van der Waals surface area contributed by atoms with Crippen molar-refractivity contribution in [2.24, 2.45) is 5.92 Å². The van der Waals surface area contributed by atoms with Gasteiger partial charge in [0.15, 0.2) is 5.82 Å². The van der Waals surface area contributed by atoms with Crippen LogP contribution in [-0.2, 0) is 12.8 Å². The molecule has 0 radical (unpaired) electrons. The van der Waals surface area contributed by atoms with Gasteiger partial charge in [0.25, 0.3) is 5.56 Å². The molecule has 2 aliphatic rings. The number of nitrogens with one attached hydrogen (secondary N) is 2. The third-order valence-electron chi connectivity index (χ3n) is 6.20. The van der Waals surface area contributed by atoms with Crippen molar-refractivity contribution in [3.63, 3.8) is 0 Å².